The number of nitrogens with two attached hydrogens (primary N) is 1. The van der Waals surface area contributed by atoms with Crippen LogP contribution >= 0.6 is 0 Å². The molecule has 1 saturated carbocycles. The molecule has 0 bridgehead atoms. The van der Waals surface area contributed by atoms with Gasteiger partial charge >= 0.3 is 0 Å². The number of carbonyl (C=O) groups is 2. The molecule has 2 amide bonds. The van der Waals surface area contributed by atoms with Crippen molar-refractivity contribution in [3.8, 4) is 0 Å². The van der Waals surface area contributed by atoms with E-state index in [0.717, 1.165) is 45.1 Å². The Balaban J connectivity index is 2.05. The van der Waals surface area contributed by atoms with E-state index in [1.54, 1.807) is 7.05 Å². The van der Waals surface area contributed by atoms with Crippen molar-refractivity contribution in [1.82, 2.24) is 10.2 Å². The second-order valence-electron chi connectivity index (χ2n) is 6.87. The van der Waals surface area contributed by atoms with E-state index in [-0.39, 0.29) is 23.1 Å². The van der Waals surface area contributed by atoms with E-state index in [9.17, 15) is 9.59 Å². The van der Waals surface area contributed by atoms with Crippen LogP contribution in [-0.4, -0.2) is 43.4 Å². The minimum Gasteiger partial charge on any atom is -0.359 e. The fourth-order valence-electron chi connectivity index (χ4n) is 3.74. The third-order valence-corrected chi connectivity index (χ3v) is 5.40. The largest absolute Gasteiger partial charge is 0.359 e. The Kier molecular flexibility index (Phi) is 5.25. The predicted molar refractivity (Wildman–Crippen MR) is 82.5 cm³/mol. The minimum absolute atomic E-state index is 0.0477. The van der Waals surface area contributed by atoms with E-state index in [1.807, 2.05) is 4.90 Å². The van der Waals surface area contributed by atoms with Crippen LogP contribution in [0.2, 0.25) is 0 Å². The summed E-state index contributed by atoms with van der Waals surface area (Å²) in [7, 11) is 1.66. The van der Waals surface area contributed by atoms with Crippen molar-refractivity contribution >= 4 is 11.8 Å². The first-order valence-corrected chi connectivity index (χ1v) is 8.23. The van der Waals surface area contributed by atoms with Crippen molar-refractivity contribution < 1.29 is 9.59 Å². The number of nitrogens with zero attached hydrogens (tertiary/aromatic N) is 1. The molecule has 1 aliphatic carbocycles. The number of rotatable bonds is 3. The lowest BCUT2D eigenvalue weighted by molar-refractivity contribution is -0.147. The minimum atomic E-state index is -0.378. The zero-order valence-corrected chi connectivity index (χ0v) is 13.4. The Morgan fingerprint density at radius 2 is 1.95 bits per heavy atom. The molecule has 0 spiro atoms. The fraction of sp³-hybridized carbons (Fsp3) is 0.875. The maximum Gasteiger partial charge on any atom is 0.230 e. The fourth-order valence-corrected chi connectivity index (χ4v) is 3.74. The van der Waals surface area contributed by atoms with Crippen LogP contribution in [0.15, 0.2) is 0 Å². The molecule has 1 saturated heterocycles. The maximum absolute atomic E-state index is 13.0. The first kappa shape index (κ1) is 16.3. The Hall–Kier alpha value is -1.10. The van der Waals surface area contributed by atoms with Crippen LogP contribution in [-0.2, 0) is 9.59 Å². The highest BCUT2D eigenvalue weighted by Gasteiger charge is 2.43. The van der Waals surface area contributed by atoms with Gasteiger partial charge in [-0.3, -0.25) is 9.59 Å². The molecule has 21 heavy (non-hydrogen) atoms. The summed E-state index contributed by atoms with van der Waals surface area (Å²) < 4.78 is 0. The summed E-state index contributed by atoms with van der Waals surface area (Å²) in [6, 6.07) is 0. The average molecular weight is 295 g/mol. The number of hydrogen-bond donors (Lipinski definition) is 2. The summed E-state index contributed by atoms with van der Waals surface area (Å²) in [6.07, 6.45) is 5.72. The van der Waals surface area contributed by atoms with E-state index in [0.29, 0.717) is 19.0 Å². The molecule has 3 N–H and O–H groups in total. The van der Waals surface area contributed by atoms with Gasteiger partial charge in [0.2, 0.25) is 11.8 Å². The van der Waals surface area contributed by atoms with Crippen LogP contribution in [0.4, 0.5) is 0 Å². The summed E-state index contributed by atoms with van der Waals surface area (Å²) in [4.78, 5) is 26.7. The molecule has 0 aromatic rings. The van der Waals surface area contributed by atoms with Crippen molar-refractivity contribution in [2.45, 2.75) is 45.4 Å². The van der Waals surface area contributed by atoms with Crippen LogP contribution in [0.25, 0.3) is 0 Å². The Labute approximate surface area is 127 Å². The highest BCUT2D eigenvalue weighted by atomic mass is 16.2. The van der Waals surface area contributed by atoms with Gasteiger partial charge in [0.25, 0.3) is 0 Å². The molecule has 1 atom stereocenters. The van der Waals surface area contributed by atoms with Gasteiger partial charge in [-0.1, -0.05) is 6.92 Å². The molecule has 0 aromatic heterocycles. The Morgan fingerprint density at radius 3 is 2.52 bits per heavy atom. The average Bonchev–Trinajstić information content (AvgIpc) is 2.54. The highest BCUT2D eigenvalue weighted by molar-refractivity contribution is 5.85. The number of nitrogens with one attached hydrogen (secondary N) is 1. The number of carbonyl (C=O) groups excluding carboxylic acids is 2. The lowest BCUT2D eigenvalue weighted by Gasteiger charge is -2.42. The third-order valence-electron chi connectivity index (χ3n) is 5.40. The van der Waals surface area contributed by atoms with Gasteiger partial charge in [-0.05, 0) is 44.4 Å². The zero-order valence-electron chi connectivity index (χ0n) is 13.4. The normalized spacial score (nSPS) is 33.6. The molecule has 0 radical (unpaired) electrons. The smallest absolute Gasteiger partial charge is 0.230 e. The molecule has 2 rings (SSSR count). The molecular weight excluding hydrogens is 266 g/mol. The predicted octanol–water partition coefficient (Wildman–Crippen LogP) is 1.13. The van der Waals surface area contributed by atoms with Crippen molar-refractivity contribution in [2.24, 2.45) is 23.0 Å². The van der Waals surface area contributed by atoms with Crippen molar-refractivity contribution in [1.29, 1.82) is 0 Å². The van der Waals surface area contributed by atoms with Crippen LogP contribution in [0.3, 0.4) is 0 Å². The van der Waals surface area contributed by atoms with E-state index < -0.39 is 0 Å². The number of piperidine rings is 1. The zero-order chi connectivity index (χ0) is 15.5. The van der Waals surface area contributed by atoms with Crippen LogP contribution in [0.1, 0.15) is 45.4 Å². The monoisotopic (exact) mass is 295 g/mol. The summed E-state index contributed by atoms with van der Waals surface area (Å²) in [5.41, 5.74) is 5.61. The summed E-state index contributed by atoms with van der Waals surface area (Å²) >= 11 is 0. The Bertz CT molecular complexity index is 389. The van der Waals surface area contributed by atoms with E-state index in [1.165, 1.54) is 0 Å². The van der Waals surface area contributed by atoms with E-state index in [2.05, 4.69) is 12.2 Å². The molecule has 1 heterocycles. The quantitative estimate of drug-likeness (QED) is 0.819. The van der Waals surface area contributed by atoms with Gasteiger partial charge < -0.3 is 16.0 Å². The second-order valence-corrected chi connectivity index (χ2v) is 6.87. The molecule has 120 valence electrons. The molecule has 5 nitrogen and oxygen atoms in total. The molecule has 5 heteroatoms. The molecule has 1 unspecified atom stereocenters. The van der Waals surface area contributed by atoms with Gasteiger partial charge in [-0.25, -0.2) is 0 Å². The SMILES string of the molecule is CNC(=O)C1CCCN(C(=O)C2(CN)CCC(C)CC2)C1. The molecule has 1 aliphatic heterocycles. The topological polar surface area (TPSA) is 75.4 Å². The van der Waals surface area contributed by atoms with E-state index >= 15 is 0 Å². The van der Waals surface area contributed by atoms with Crippen molar-refractivity contribution in [2.75, 3.05) is 26.7 Å². The summed E-state index contributed by atoms with van der Waals surface area (Å²) in [5.74, 6) is 0.861. The van der Waals surface area contributed by atoms with Gasteiger partial charge in [0.05, 0.1) is 11.3 Å². The van der Waals surface area contributed by atoms with Gasteiger partial charge in [-0.15, -0.1) is 0 Å². The molecule has 2 aliphatic rings. The first-order chi connectivity index (χ1) is 10.0. The highest BCUT2D eigenvalue weighted by Crippen LogP contribution is 2.40. The van der Waals surface area contributed by atoms with Crippen LogP contribution < -0.4 is 11.1 Å². The lowest BCUT2D eigenvalue weighted by atomic mass is 9.69. The van der Waals surface area contributed by atoms with E-state index in [4.69, 9.17) is 5.73 Å². The standard InChI is InChI=1S/C16H29N3O2/c1-12-5-7-16(11-17,8-6-12)15(21)19-9-3-4-13(10-19)14(20)18-2/h12-13H,3-11,17H2,1-2H3,(H,18,20). The van der Waals surface area contributed by atoms with Gasteiger partial charge in [0.1, 0.15) is 0 Å². The summed E-state index contributed by atoms with van der Waals surface area (Å²) in [5, 5.41) is 2.70. The molecule has 0 aromatic carbocycles. The van der Waals surface area contributed by atoms with Crippen LogP contribution in [0, 0.1) is 17.3 Å². The first-order valence-electron chi connectivity index (χ1n) is 8.23. The van der Waals surface area contributed by atoms with Gasteiger partial charge in [0.15, 0.2) is 0 Å². The van der Waals surface area contributed by atoms with Crippen molar-refractivity contribution in [3.05, 3.63) is 0 Å². The Morgan fingerprint density at radius 1 is 1.29 bits per heavy atom. The number of likely N-dealkylation sites (tertiary alicyclic amines) is 1. The van der Waals surface area contributed by atoms with Crippen LogP contribution in [0.5, 0.6) is 0 Å². The summed E-state index contributed by atoms with van der Waals surface area (Å²) in [6.45, 7) is 3.99. The lowest BCUT2D eigenvalue weighted by Crippen LogP contribution is -2.53. The van der Waals surface area contributed by atoms with Gasteiger partial charge in [-0.2, -0.15) is 0 Å². The number of amides is 2. The number of hydrogen-bond acceptors (Lipinski definition) is 3. The third kappa shape index (κ3) is 3.39. The van der Waals surface area contributed by atoms with Gasteiger partial charge in [0, 0.05) is 26.7 Å². The maximum atomic E-state index is 13.0. The van der Waals surface area contributed by atoms with Crippen molar-refractivity contribution in [3.63, 3.8) is 0 Å². The molecular formula is C16H29N3O2. The molecule has 2 fully saturated rings. The second kappa shape index (κ2) is 6.77.